The van der Waals surface area contributed by atoms with Crippen LogP contribution < -0.4 is 0 Å². The number of aliphatic hydroxyl groups is 1. The Balaban J connectivity index is 2.39. The number of hydrogen-bond acceptors (Lipinski definition) is 3. The van der Waals surface area contributed by atoms with Crippen LogP contribution in [0.5, 0.6) is 0 Å². The highest BCUT2D eigenvalue weighted by molar-refractivity contribution is 7.91. The van der Waals surface area contributed by atoms with Gasteiger partial charge in [0.25, 0.3) is 0 Å². The number of sulfone groups is 1. The highest BCUT2D eigenvalue weighted by Crippen LogP contribution is 2.36. The van der Waals surface area contributed by atoms with Gasteiger partial charge >= 0.3 is 0 Å². The molecule has 1 rings (SSSR count). The average Bonchev–Trinajstić information content (AvgIpc) is 2.28. The molecule has 0 aromatic carbocycles. The molecule has 1 fully saturated rings. The average molecular weight is 262 g/mol. The van der Waals surface area contributed by atoms with E-state index >= 15 is 0 Å². The molecule has 1 saturated carbocycles. The lowest BCUT2D eigenvalue weighted by molar-refractivity contribution is -0.0240. The van der Waals surface area contributed by atoms with Gasteiger partial charge in [-0.05, 0) is 31.6 Å². The summed E-state index contributed by atoms with van der Waals surface area (Å²) >= 11 is 0. The molecule has 1 N–H and O–H groups in total. The van der Waals surface area contributed by atoms with Gasteiger partial charge in [-0.25, -0.2) is 8.42 Å². The molecule has 2 unspecified atom stereocenters. The summed E-state index contributed by atoms with van der Waals surface area (Å²) in [4.78, 5) is 0. The SMILES string of the molecule is CCC1CCCC(O)(CCCS(=O)(=O)CC)C1. The smallest absolute Gasteiger partial charge is 0.150 e. The second-order valence-electron chi connectivity index (χ2n) is 5.43. The summed E-state index contributed by atoms with van der Waals surface area (Å²) in [6.45, 7) is 3.84. The van der Waals surface area contributed by atoms with E-state index in [-0.39, 0.29) is 11.5 Å². The number of rotatable bonds is 6. The molecule has 0 saturated heterocycles. The van der Waals surface area contributed by atoms with E-state index in [0.29, 0.717) is 18.8 Å². The van der Waals surface area contributed by atoms with Crippen molar-refractivity contribution in [2.24, 2.45) is 5.92 Å². The quantitative estimate of drug-likeness (QED) is 0.800. The predicted octanol–water partition coefficient (Wildman–Crippen LogP) is 2.53. The standard InChI is InChI=1S/C13H26O3S/c1-3-12-7-5-8-13(14,11-12)9-6-10-17(15,16)4-2/h12,14H,3-11H2,1-2H3. The van der Waals surface area contributed by atoms with Crippen molar-refractivity contribution in [2.75, 3.05) is 11.5 Å². The van der Waals surface area contributed by atoms with Crippen molar-refractivity contribution in [3.8, 4) is 0 Å². The first-order valence-electron chi connectivity index (χ1n) is 6.83. The molecule has 102 valence electrons. The van der Waals surface area contributed by atoms with Gasteiger partial charge < -0.3 is 5.11 Å². The molecule has 0 aromatic rings. The fourth-order valence-electron chi connectivity index (χ4n) is 2.80. The first kappa shape index (κ1) is 15.0. The lowest BCUT2D eigenvalue weighted by atomic mass is 9.75. The van der Waals surface area contributed by atoms with Gasteiger partial charge in [0, 0.05) is 5.75 Å². The largest absolute Gasteiger partial charge is 0.390 e. The van der Waals surface area contributed by atoms with Crippen LogP contribution in [-0.2, 0) is 9.84 Å². The highest BCUT2D eigenvalue weighted by atomic mass is 32.2. The van der Waals surface area contributed by atoms with Crippen molar-refractivity contribution in [1.29, 1.82) is 0 Å². The minimum Gasteiger partial charge on any atom is -0.390 e. The monoisotopic (exact) mass is 262 g/mol. The summed E-state index contributed by atoms with van der Waals surface area (Å²) in [6, 6.07) is 0. The van der Waals surface area contributed by atoms with E-state index in [1.807, 2.05) is 0 Å². The summed E-state index contributed by atoms with van der Waals surface area (Å²) in [5, 5.41) is 10.4. The maximum absolute atomic E-state index is 11.4. The molecular formula is C13H26O3S. The van der Waals surface area contributed by atoms with E-state index in [0.717, 1.165) is 25.7 Å². The van der Waals surface area contributed by atoms with Gasteiger partial charge in [-0.15, -0.1) is 0 Å². The van der Waals surface area contributed by atoms with E-state index in [2.05, 4.69) is 6.92 Å². The van der Waals surface area contributed by atoms with Gasteiger partial charge in [-0.2, -0.15) is 0 Å². The molecule has 0 bridgehead atoms. The van der Waals surface area contributed by atoms with Gasteiger partial charge in [0.05, 0.1) is 11.4 Å². The maximum Gasteiger partial charge on any atom is 0.150 e. The second-order valence-corrected chi connectivity index (χ2v) is 7.91. The van der Waals surface area contributed by atoms with Crippen LogP contribution in [0.15, 0.2) is 0 Å². The fraction of sp³-hybridized carbons (Fsp3) is 1.00. The molecule has 1 aliphatic rings. The zero-order valence-electron chi connectivity index (χ0n) is 11.1. The van der Waals surface area contributed by atoms with Crippen LogP contribution in [0.3, 0.4) is 0 Å². The summed E-state index contributed by atoms with van der Waals surface area (Å²) < 4.78 is 22.8. The van der Waals surface area contributed by atoms with Gasteiger partial charge in [0.2, 0.25) is 0 Å². The molecule has 0 aromatic heterocycles. The Kier molecular flexibility index (Phi) is 5.45. The first-order chi connectivity index (χ1) is 7.91. The Morgan fingerprint density at radius 2 is 2.06 bits per heavy atom. The molecule has 0 aliphatic heterocycles. The van der Waals surface area contributed by atoms with E-state index < -0.39 is 15.4 Å². The van der Waals surface area contributed by atoms with Crippen LogP contribution in [0.25, 0.3) is 0 Å². The Bertz CT molecular complexity index is 324. The normalized spacial score (nSPS) is 30.4. The van der Waals surface area contributed by atoms with Crippen LogP contribution in [0.4, 0.5) is 0 Å². The Morgan fingerprint density at radius 1 is 1.35 bits per heavy atom. The third-order valence-electron chi connectivity index (χ3n) is 4.04. The molecule has 0 radical (unpaired) electrons. The minimum absolute atomic E-state index is 0.211. The molecule has 0 spiro atoms. The third kappa shape index (κ3) is 4.96. The fourth-order valence-corrected chi connectivity index (χ4v) is 3.68. The predicted molar refractivity (Wildman–Crippen MR) is 70.8 cm³/mol. The van der Waals surface area contributed by atoms with Gasteiger partial charge in [0.1, 0.15) is 9.84 Å². The van der Waals surface area contributed by atoms with Crippen LogP contribution in [0.2, 0.25) is 0 Å². The van der Waals surface area contributed by atoms with Crippen molar-refractivity contribution in [2.45, 2.75) is 64.4 Å². The third-order valence-corrected chi connectivity index (χ3v) is 5.83. The molecule has 1 aliphatic carbocycles. The van der Waals surface area contributed by atoms with Crippen LogP contribution in [0.1, 0.15) is 58.8 Å². The molecule has 4 heteroatoms. The summed E-state index contributed by atoms with van der Waals surface area (Å²) in [5.74, 6) is 1.06. The van der Waals surface area contributed by atoms with Gasteiger partial charge in [-0.3, -0.25) is 0 Å². The van der Waals surface area contributed by atoms with Crippen molar-refractivity contribution in [3.63, 3.8) is 0 Å². The Morgan fingerprint density at radius 3 is 2.65 bits per heavy atom. The number of hydrogen-bond donors (Lipinski definition) is 1. The summed E-state index contributed by atoms with van der Waals surface area (Å²) in [6.07, 6.45) is 6.36. The van der Waals surface area contributed by atoms with E-state index in [9.17, 15) is 13.5 Å². The van der Waals surface area contributed by atoms with E-state index in [4.69, 9.17) is 0 Å². The van der Waals surface area contributed by atoms with Crippen molar-refractivity contribution in [3.05, 3.63) is 0 Å². The van der Waals surface area contributed by atoms with E-state index in [1.165, 1.54) is 6.42 Å². The van der Waals surface area contributed by atoms with Gasteiger partial charge in [-0.1, -0.05) is 33.1 Å². The summed E-state index contributed by atoms with van der Waals surface area (Å²) in [7, 11) is -2.88. The van der Waals surface area contributed by atoms with Crippen molar-refractivity contribution >= 4 is 9.84 Å². The van der Waals surface area contributed by atoms with Crippen LogP contribution in [-0.4, -0.2) is 30.6 Å². The van der Waals surface area contributed by atoms with Gasteiger partial charge in [0.15, 0.2) is 0 Å². The highest BCUT2D eigenvalue weighted by Gasteiger charge is 2.33. The maximum atomic E-state index is 11.4. The van der Waals surface area contributed by atoms with E-state index in [1.54, 1.807) is 6.92 Å². The van der Waals surface area contributed by atoms with Crippen molar-refractivity contribution < 1.29 is 13.5 Å². The Labute approximate surface area is 106 Å². The first-order valence-corrected chi connectivity index (χ1v) is 8.66. The van der Waals surface area contributed by atoms with Crippen LogP contribution in [0, 0.1) is 5.92 Å². The second kappa shape index (κ2) is 6.19. The molecule has 3 nitrogen and oxygen atoms in total. The molecule has 0 heterocycles. The lowest BCUT2D eigenvalue weighted by Crippen LogP contribution is -2.35. The summed E-state index contributed by atoms with van der Waals surface area (Å²) in [5.41, 5.74) is -0.595. The zero-order chi connectivity index (χ0) is 12.9. The molecule has 0 amide bonds. The minimum atomic E-state index is -2.88. The molecule has 2 atom stereocenters. The lowest BCUT2D eigenvalue weighted by Gasteiger charge is -2.36. The zero-order valence-corrected chi connectivity index (χ0v) is 11.9. The van der Waals surface area contributed by atoms with Crippen molar-refractivity contribution in [1.82, 2.24) is 0 Å². The Hall–Kier alpha value is -0.0900. The van der Waals surface area contributed by atoms with Crippen LogP contribution >= 0.6 is 0 Å². The molecular weight excluding hydrogens is 236 g/mol. The topological polar surface area (TPSA) is 54.4 Å². The molecule has 17 heavy (non-hydrogen) atoms.